The van der Waals surface area contributed by atoms with Gasteiger partial charge in [0.1, 0.15) is 0 Å². The predicted octanol–water partition coefficient (Wildman–Crippen LogP) is 2.99. The first-order valence-electron chi connectivity index (χ1n) is 6.71. The van der Waals surface area contributed by atoms with E-state index in [9.17, 15) is 8.42 Å². The van der Waals surface area contributed by atoms with Crippen molar-refractivity contribution in [3.63, 3.8) is 0 Å². The van der Waals surface area contributed by atoms with Crippen LogP contribution < -0.4 is 4.90 Å². The molecule has 0 fully saturated rings. The zero-order valence-corrected chi connectivity index (χ0v) is 12.4. The lowest BCUT2D eigenvalue weighted by Gasteiger charge is -2.22. The molecule has 0 aromatic heterocycles. The second-order valence-electron chi connectivity index (χ2n) is 4.55. The molecule has 0 N–H and O–H groups in total. The number of sulfone groups is 1. The zero-order valence-electron chi connectivity index (χ0n) is 11.6. The number of hydrogen-bond donors (Lipinski definition) is 0. The minimum Gasteiger partial charge on any atom is -0.371 e. The first-order valence-corrected chi connectivity index (χ1v) is 8.36. The Morgan fingerprint density at radius 3 is 2.00 bits per heavy atom. The molecule has 106 valence electrons. The van der Waals surface area contributed by atoms with Crippen LogP contribution >= 0.6 is 0 Å². The Bertz CT molecular complexity index is 624. The molecule has 4 heteroatoms. The molecule has 0 atom stereocenters. The molecular weight excluding hydrogens is 270 g/mol. The fourth-order valence-electron chi connectivity index (χ4n) is 2.08. The summed E-state index contributed by atoms with van der Waals surface area (Å²) >= 11 is 0. The van der Waals surface area contributed by atoms with E-state index in [0.717, 1.165) is 12.2 Å². The smallest absolute Gasteiger partial charge is 0.180 e. The molecule has 0 saturated heterocycles. The van der Waals surface area contributed by atoms with Crippen LogP contribution in [0.2, 0.25) is 0 Å². The number of hydrogen-bond acceptors (Lipinski definition) is 3. The average molecular weight is 289 g/mol. The quantitative estimate of drug-likeness (QED) is 0.820. The average Bonchev–Trinajstić information content (AvgIpc) is 2.50. The van der Waals surface area contributed by atoms with Gasteiger partial charge in [0.25, 0.3) is 0 Å². The van der Waals surface area contributed by atoms with Crippen LogP contribution in [0.4, 0.5) is 5.69 Å². The van der Waals surface area contributed by atoms with Gasteiger partial charge in [-0.15, -0.1) is 0 Å². The molecule has 0 heterocycles. The maximum atomic E-state index is 12.3. The van der Waals surface area contributed by atoms with E-state index in [1.54, 1.807) is 24.3 Å². The second-order valence-corrected chi connectivity index (χ2v) is 6.66. The van der Waals surface area contributed by atoms with Gasteiger partial charge in [-0.05, 0) is 31.2 Å². The SMILES string of the molecule is CCN(CCS(=O)(=O)c1ccccc1)c1ccccc1. The molecule has 0 aliphatic heterocycles. The number of rotatable bonds is 6. The van der Waals surface area contributed by atoms with Crippen LogP contribution in [0, 0.1) is 0 Å². The molecule has 0 bridgehead atoms. The van der Waals surface area contributed by atoms with Crippen molar-refractivity contribution in [2.75, 3.05) is 23.7 Å². The van der Waals surface area contributed by atoms with Crippen LogP contribution in [-0.2, 0) is 9.84 Å². The van der Waals surface area contributed by atoms with Crippen LogP contribution in [0.15, 0.2) is 65.6 Å². The van der Waals surface area contributed by atoms with Crippen LogP contribution in [0.25, 0.3) is 0 Å². The van der Waals surface area contributed by atoms with Crippen LogP contribution in [0.3, 0.4) is 0 Å². The predicted molar refractivity (Wildman–Crippen MR) is 82.8 cm³/mol. The van der Waals surface area contributed by atoms with Crippen LogP contribution in [0.5, 0.6) is 0 Å². The van der Waals surface area contributed by atoms with Gasteiger partial charge in [0.15, 0.2) is 9.84 Å². The van der Waals surface area contributed by atoms with E-state index in [-0.39, 0.29) is 5.75 Å². The maximum Gasteiger partial charge on any atom is 0.180 e. The summed E-state index contributed by atoms with van der Waals surface area (Å²) in [6.07, 6.45) is 0. The summed E-state index contributed by atoms with van der Waals surface area (Å²) in [5.41, 5.74) is 1.05. The van der Waals surface area contributed by atoms with Crippen molar-refractivity contribution in [3.8, 4) is 0 Å². The first-order chi connectivity index (χ1) is 9.63. The summed E-state index contributed by atoms with van der Waals surface area (Å²) in [5, 5.41) is 0. The molecular formula is C16H19NO2S. The van der Waals surface area contributed by atoms with Crippen molar-refractivity contribution < 1.29 is 8.42 Å². The third-order valence-corrected chi connectivity index (χ3v) is 4.95. The Labute approximate surface area is 120 Å². The van der Waals surface area contributed by atoms with Gasteiger partial charge in [-0.3, -0.25) is 0 Å². The highest BCUT2D eigenvalue weighted by molar-refractivity contribution is 7.91. The molecule has 3 nitrogen and oxygen atoms in total. The standard InChI is InChI=1S/C16H19NO2S/c1-2-17(15-9-5-3-6-10-15)13-14-20(18,19)16-11-7-4-8-12-16/h3-12H,2,13-14H2,1H3. The summed E-state index contributed by atoms with van der Waals surface area (Å²) < 4.78 is 24.5. The lowest BCUT2D eigenvalue weighted by Crippen LogP contribution is -2.29. The van der Waals surface area contributed by atoms with E-state index >= 15 is 0 Å². The van der Waals surface area contributed by atoms with Gasteiger partial charge in [0.05, 0.1) is 10.6 Å². The lowest BCUT2D eigenvalue weighted by atomic mass is 10.3. The minimum atomic E-state index is -3.22. The van der Waals surface area contributed by atoms with Crippen molar-refractivity contribution in [2.24, 2.45) is 0 Å². The van der Waals surface area contributed by atoms with Gasteiger partial charge < -0.3 is 4.90 Å². The van der Waals surface area contributed by atoms with Gasteiger partial charge in [-0.1, -0.05) is 36.4 Å². The summed E-state index contributed by atoms with van der Waals surface area (Å²) in [6, 6.07) is 18.5. The normalized spacial score (nSPS) is 11.2. The highest BCUT2D eigenvalue weighted by Crippen LogP contribution is 2.15. The molecule has 20 heavy (non-hydrogen) atoms. The van der Waals surface area contributed by atoms with Gasteiger partial charge in [0.2, 0.25) is 0 Å². The van der Waals surface area contributed by atoms with Crippen molar-refractivity contribution in [1.82, 2.24) is 0 Å². The monoisotopic (exact) mass is 289 g/mol. The fraction of sp³-hybridized carbons (Fsp3) is 0.250. The summed E-state index contributed by atoms with van der Waals surface area (Å²) in [6.45, 7) is 3.31. The fourth-order valence-corrected chi connectivity index (χ4v) is 3.35. The zero-order chi connectivity index (χ0) is 14.4. The molecule has 0 aliphatic rings. The van der Waals surface area contributed by atoms with Crippen LogP contribution in [0.1, 0.15) is 6.92 Å². The number of nitrogens with zero attached hydrogens (tertiary/aromatic N) is 1. The number of benzene rings is 2. The highest BCUT2D eigenvalue weighted by atomic mass is 32.2. The Morgan fingerprint density at radius 2 is 1.45 bits per heavy atom. The van der Waals surface area contributed by atoms with Crippen molar-refractivity contribution in [3.05, 3.63) is 60.7 Å². The van der Waals surface area contributed by atoms with E-state index in [4.69, 9.17) is 0 Å². The Morgan fingerprint density at radius 1 is 0.900 bits per heavy atom. The Hall–Kier alpha value is -1.81. The van der Waals surface area contributed by atoms with E-state index in [2.05, 4.69) is 4.90 Å². The molecule has 2 aromatic rings. The molecule has 0 aliphatic carbocycles. The molecule has 0 saturated carbocycles. The number of para-hydroxylation sites is 1. The molecule has 2 aromatic carbocycles. The maximum absolute atomic E-state index is 12.3. The first kappa shape index (κ1) is 14.6. The Balaban J connectivity index is 2.07. The van der Waals surface area contributed by atoms with E-state index < -0.39 is 9.84 Å². The lowest BCUT2D eigenvalue weighted by molar-refractivity contribution is 0.594. The van der Waals surface area contributed by atoms with Gasteiger partial charge >= 0.3 is 0 Å². The van der Waals surface area contributed by atoms with Crippen LogP contribution in [-0.4, -0.2) is 27.3 Å². The Kier molecular flexibility index (Phi) is 4.79. The summed E-state index contributed by atoms with van der Waals surface area (Å²) in [5.74, 6) is 0.125. The van der Waals surface area contributed by atoms with Crippen molar-refractivity contribution in [1.29, 1.82) is 0 Å². The van der Waals surface area contributed by atoms with E-state index in [1.807, 2.05) is 43.3 Å². The van der Waals surface area contributed by atoms with E-state index in [1.165, 1.54) is 0 Å². The third-order valence-electron chi connectivity index (χ3n) is 3.24. The summed E-state index contributed by atoms with van der Waals surface area (Å²) in [4.78, 5) is 2.46. The minimum absolute atomic E-state index is 0.125. The van der Waals surface area contributed by atoms with Gasteiger partial charge in [-0.2, -0.15) is 0 Å². The molecule has 0 radical (unpaired) electrons. The highest BCUT2D eigenvalue weighted by Gasteiger charge is 2.15. The van der Waals surface area contributed by atoms with Crippen molar-refractivity contribution >= 4 is 15.5 Å². The summed E-state index contributed by atoms with van der Waals surface area (Å²) in [7, 11) is -3.22. The third kappa shape index (κ3) is 3.61. The topological polar surface area (TPSA) is 37.4 Å². The molecule has 0 amide bonds. The molecule has 0 spiro atoms. The molecule has 0 unspecified atom stereocenters. The molecule has 2 rings (SSSR count). The second kappa shape index (κ2) is 6.57. The van der Waals surface area contributed by atoms with E-state index in [0.29, 0.717) is 11.4 Å². The van der Waals surface area contributed by atoms with Gasteiger partial charge in [-0.25, -0.2) is 8.42 Å². The van der Waals surface area contributed by atoms with Crippen molar-refractivity contribution in [2.45, 2.75) is 11.8 Å². The number of anilines is 1. The van der Waals surface area contributed by atoms with Gasteiger partial charge in [0, 0.05) is 18.8 Å². The largest absolute Gasteiger partial charge is 0.371 e.